The molecular formula is C19H26N4O. The van der Waals surface area contributed by atoms with Crippen LogP contribution in [-0.2, 0) is 11.3 Å². The van der Waals surface area contributed by atoms with E-state index < -0.39 is 0 Å². The Labute approximate surface area is 143 Å². The van der Waals surface area contributed by atoms with Gasteiger partial charge in [-0.25, -0.2) is 0 Å². The third-order valence-corrected chi connectivity index (χ3v) is 4.67. The number of hydrogen-bond acceptors (Lipinski definition) is 3. The summed E-state index contributed by atoms with van der Waals surface area (Å²) in [5.74, 6) is 0.228. The van der Waals surface area contributed by atoms with Gasteiger partial charge in [-0.2, -0.15) is 5.10 Å². The van der Waals surface area contributed by atoms with Gasteiger partial charge in [0.05, 0.1) is 18.3 Å². The third kappa shape index (κ3) is 3.85. The monoisotopic (exact) mass is 326 g/mol. The van der Waals surface area contributed by atoms with Crippen LogP contribution in [-0.4, -0.2) is 58.2 Å². The zero-order chi connectivity index (χ0) is 16.9. The fraction of sp³-hybridized carbons (Fsp3) is 0.474. The van der Waals surface area contributed by atoms with Gasteiger partial charge in [-0.15, -0.1) is 6.58 Å². The molecule has 1 aromatic carbocycles. The first kappa shape index (κ1) is 16.7. The van der Waals surface area contributed by atoms with Crippen LogP contribution in [0.3, 0.4) is 0 Å². The lowest BCUT2D eigenvalue weighted by Crippen LogP contribution is -2.35. The molecule has 0 aliphatic carbocycles. The molecule has 1 fully saturated rings. The molecule has 0 saturated carbocycles. The normalized spacial score (nSPS) is 16.3. The molecule has 1 amide bonds. The van der Waals surface area contributed by atoms with Gasteiger partial charge in [0.2, 0.25) is 5.91 Å². The minimum absolute atomic E-state index is 0.228. The summed E-state index contributed by atoms with van der Waals surface area (Å²) in [7, 11) is 0. The average molecular weight is 326 g/mol. The summed E-state index contributed by atoms with van der Waals surface area (Å²) < 4.78 is 1.95. The number of aromatic nitrogens is 2. The van der Waals surface area contributed by atoms with Gasteiger partial charge >= 0.3 is 0 Å². The van der Waals surface area contributed by atoms with Crippen molar-refractivity contribution in [2.75, 3.05) is 32.7 Å². The molecule has 5 heteroatoms. The minimum atomic E-state index is 0.228. The molecule has 128 valence electrons. The van der Waals surface area contributed by atoms with Crippen LogP contribution in [0.15, 0.2) is 37.1 Å². The zero-order valence-electron chi connectivity index (χ0n) is 14.4. The largest absolute Gasteiger partial charge is 0.341 e. The quantitative estimate of drug-likeness (QED) is 0.793. The average Bonchev–Trinajstić information content (AvgIpc) is 2.81. The topological polar surface area (TPSA) is 41.4 Å². The van der Waals surface area contributed by atoms with E-state index in [2.05, 4.69) is 41.7 Å². The van der Waals surface area contributed by atoms with E-state index >= 15 is 0 Å². The van der Waals surface area contributed by atoms with Crippen molar-refractivity contribution in [3.05, 3.63) is 42.6 Å². The van der Waals surface area contributed by atoms with E-state index in [4.69, 9.17) is 0 Å². The second-order valence-corrected chi connectivity index (χ2v) is 6.50. The van der Waals surface area contributed by atoms with E-state index in [1.165, 1.54) is 5.56 Å². The fourth-order valence-corrected chi connectivity index (χ4v) is 3.30. The summed E-state index contributed by atoms with van der Waals surface area (Å²) in [4.78, 5) is 16.9. The van der Waals surface area contributed by atoms with E-state index in [0.717, 1.165) is 50.0 Å². The smallest absolute Gasteiger partial charge is 0.224 e. The Balaban J connectivity index is 1.58. The number of amides is 1. The highest BCUT2D eigenvalue weighted by Gasteiger charge is 2.18. The molecule has 1 aromatic heterocycles. The lowest BCUT2D eigenvalue weighted by atomic mass is 10.2. The fourth-order valence-electron chi connectivity index (χ4n) is 3.30. The van der Waals surface area contributed by atoms with Crippen LogP contribution in [0.4, 0.5) is 0 Å². The highest BCUT2D eigenvalue weighted by molar-refractivity contribution is 5.80. The maximum atomic E-state index is 12.6. The molecule has 0 bridgehead atoms. The van der Waals surface area contributed by atoms with Gasteiger partial charge in [0.25, 0.3) is 0 Å². The number of benzene rings is 1. The van der Waals surface area contributed by atoms with Crippen LogP contribution in [0.25, 0.3) is 10.9 Å². The summed E-state index contributed by atoms with van der Waals surface area (Å²) in [6.45, 7) is 11.1. The standard InChI is InChI=1S/C19H26N4O/c1-3-8-21-9-4-10-22(13-12-21)19(24)7-11-23-18-14-16(2)5-6-17(18)15-20-23/h3,5-6,14-15H,1,4,7-13H2,2H3. The highest BCUT2D eigenvalue weighted by Crippen LogP contribution is 2.16. The second kappa shape index (κ2) is 7.62. The van der Waals surface area contributed by atoms with Gasteiger partial charge in [-0.05, 0) is 25.0 Å². The first-order valence-corrected chi connectivity index (χ1v) is 8.70. The Kier molecular flexibility index (Phi) is 5.30. The van der Waals surface area contributed by atoms with Crippen LogP contribution in [0.5, 0.6) is 0 Å². The third-order valence-electron chi connectivity index (χ3n) is 4.67. The van der Waals surface area contributed by atoms with E-state index in [9.17, 15) is 4.79 Å². The molecule has 1 aliphatic heterocycles. The lowest BCUT2D eigenvalue weighted by Gasteiger charge is -2.21. The molecule has 2 aromatic rings. The molecule has 2 heterocycles. The van der Waals surface area contributed by atoms with Crippen LogP contribution in [0.2, 0.25) is 0 Å². The lowest BCUT2D eigenvalue weighted by molar-refractivity contribution is -0.131. The molecule has 0 N–H and O–H groups in total. The van der Waals surface area contributed by atoms with Crippen molar-refractivity contribution in [1.82, 2.24) is 19.6 Å². The molecular weight excluding hydrogens is 300 g/mol. The Morgan fingerprint density at radius 1 is 1.29 bits per heavy atom. The number of nitrogens with zero attached hydrogens (tertiary/aromatic N) is 4. The number of rotatable bonds is 5. The Morgan fingerprint density at radius 3 is 3.00 bits per heavy atom. The molecule has 0 spiro atoms. The molecule has 3 rings (SSSR count). The van der Waals surface area contributed by atoms with Crippen molar-refractivity contribution in [2.45, 2.75) is 26.3 Å². The van der Waals surface area contributed by atoms with E-state index in [-0.39, 0.29) is 5.91 Å². The van der Waals surface area contributed by atoms with Crippen molar-refractivity contribution in [2.24, 2.45) is 0 Å². The maximum absolute atomic E-state index is 12.6. The maximum Gasteiger partial charge on any atom is 0.224 e. The number of carbonyl (C=O) groups is 1. The first-order chi connectivity index (χ1) is 11.7. The van der Waals surface area contributed by atoms with Gasteiger partial charge in [-0.3, -0.25) is 14.4 Å². The zero-order valence-corrected chi connectivity index (χ0v) is 14.4. The molecule has 5 nitrogen and oxygen atoms in total. The van der Waals surface area contributed by atoms with E-state index in [1.54, 1.807) is 0 Å². The number of aryl methyl sites for hydroxylation is 2. The molecule has 1 aliphatic rings. The van der Waals surface area contributed by atoms with Crippen molar-refractivity contribution >= 4 is 16.8 Å². The predicted molar refractivity (Wildman–Crippen MR) is 96.9 cm³/mol. The van der Waals surface area contributed by atoms with Gasteiger partial charge in [0.15, 0.2) is 0 Å². The van der Waals surface area contributed by atoms with E-state index in [0.29, 0.717) is 13.0 Å². The van der Waals surface area contributed by atoms with Crippen molar-refractivity contribution in [3.8, 4) is 0 Å². The van der Waals surface area contributed by atoms with Gasteiger partial charge in [-0.1, -0.05) is 18.2 Å². The van der Waals surface area contributed by atoms with Gasteiger partial charge in [0.1, 0.15) is 0 Å². The Hall–Kier alpha value is -2.14. The first-order valence-electron chi connectivity index (χ1n) is 8.70. The second-order valence-electron chi connectivity index (χ2n) is 6.50. The SMILES string of the molecule is C=CCN1CCCN(C(=O)CCn2ncc3ccc(C)cc32)CC1. The van der Waals surface area contributed by atoms with Crippen molar-refractivity contribution in [3.63, 3.8) is 0 Å². The minimum Gasteiger partial charge on any atom is -0.341 e. The predicted octanol–water partition coefficient (Wildman–Crippen LogP) is 2.46. The summed E-state index contributed by atoms with van der Waals surface area (Å²) in [5, 5.41) is 5.56. The van der Waals surface area contributed by atoms with Crippen LogP contribution < -0.4 is 0 Å². The van der Waals surface area contributed by atoms with Crippen LogP contribution in [0, 0.1) is 6.92 Å². The van der Waals surface area contributed by atoms with Crippen LogP contribution in [0.1, 0.15) is 18.4 Å². The molecule has 24 heavy (non-hydrogen) atoms. The van der Waals surface area contributed by atoms with Crippen LogP contribution >= 0.6 is 0 Å². The molecule has 0 unspecified atom stereocenters. The summed E-state index contributed by atoms with van der Waals surface area (Å²) in [5.41, 5.74) is 2.32. The Morgan fingerprint density at radius 2 is 2.17 bits per heavy atom. The van der Waals surface area contributed by atoms with Crippen molar-refractivity contribution < 1.29 is 4.79 Å². The summed E-state index contributed by atoms with van der Waals surface area (Å²) in [6.07, 6.45) is 5.34. The van der Waals surface area contributed by atoms with Gasteiger partial charge in [0, 0.05) is 44.5 Å². The molecule has 0 atom stereocenters. The summed E-state index contributed by atoms with van der Waals surface area (Å²) in [6, 6.07) is 6.30. The number of fused-ring (bicyclic) bond motifs is 1. The number of carbonyl (C=O) groups excluding carboxylic acids is 1. The van der Waals surface area contributed by atoms with Crippen molar-refractivity contribution in [1.29, 1.82) is 0 Å². The van der Waals surface area contributed by atoms with Gasteiger partial charge < -0.3 is 4.90 Å². The van der Waals surface area contributed by atoms with E-state index in [1.807, 2.05) is 21.9 Å². The highest BCUT2D eigenvalue weighted by atomic mass is 16.2. The Bertz CT molecular complexity index is 721. The molecule has 0 radical (unpaired) electrons. The molecule has 1 saturated heterocycles. The summed E-state index contributed by atoms with van der Waals surface area (Å²) >= 11 is 0. The number of hydrogen-bond donors (Lipinski definition) is 0.